The van der Waals surface area contributed by atoms with Crippen LogP contribution in [0.25, 0.3) is 0 Å². The maximum absolute atomic E-state index is 12.2. The summed E-state index contributed by atoms with van der Waals surface area (Å²) in [7, 11) is 0. The van der Waals surface area contributed by atoms with Gasteiger partial charge in [0.15, 0.2) is 5.11 Å². The zero-order valence-corrected chi connectivity index (χ0v) is 16.4. The van der Waals surface area contributed by atoms with Gasteiger partial charge in [-0.05, 0) is 75.2 Å². The first-order chi connectivity index (χ1) is 12.7. The fourth-order valence-corrected chi connectivity index (χ4v) is 5.03. The Morgan fingerprint density at radius 3 is 2.50 bits per heavy atom. The van der Waals surface area contributed by atoms with Crippen LogP contribution in [0.3, 0.4) is 0 Å². The van der Waals surface area contributed by atoms with Crippen molar-refractivity contribution >= 4 is 28.9 Å². The number of hydrogen-bond donors (Lipinski definition) is 2. The molecule has 1 aromatic rings. The minimum absolute atomic E-state index is 0.277. The number of nitrogens with one attached hydrogen (secondary N) is 2. The third-order valence-electron chi connectivity index (χ3n) is 6.14. The smallest absolute Gasteiger partial charge is 0.223 e. The van der Waals surface area contributed by atoms with E-state index < -0.39 is 0 Å². The minimum Gasteiger partial charge on any atom is -0.353 e. The molecule has 2 heterocycles. The van der Waals surface area contributed by atoms with Crippen molar-refractivity contribution in [3.05, 3.63) is 29.8 Å². The molecule has 5 heteroatoms. The molecule has 3 fully saturated rings. The van der Waals surface area contributed by atoms with E-state index in [1.165, 1.54) is 24.8 Å². The summed E-state index contributed by atoms with van der Waals surface area (Å²) in [6, 6.07) is 9.62. The van der Waals surface area contributed by atoms with Gasteiger partial charge in [0.25, 0.3) is 0 Å². The number of carbonyl (C=O) groups excluding carboxylic acids is 1. The number of carbonyl (C=O) groups is 1. The molecule has 1 amide bonds. The second kappa shape index (κ2) is 7.55. The lowest BCUT2D eigenvalue weighted by molar-refractivity contribution is -0.123. The van der Waals surface area contributed by atoms with E-state index in [4.69, 9.17) is 12.2 Å². The molecular weight excluding hydrogens is 342 g/mol. The van der Waals surface area contributed by atoms with Crippen LogP contribution in [-0.2, 0) is 11.2 Å². The van der Waals surface area contributed by atoms with Crippen molar-refractivity contribution in [2.45, 2.75) is 76.4 Å². The van der Waals surface area contributed by atoms with Crippen LogP contribution in [0.4, 0.5) is 5.69 Å². The Kier molecular flexibility index (Phi) is 5.16. The fourth-order valence-electron chi connectivity index (χ4n) is 4.63. The lowest BCUT2D eigenvalue weighted by Crippen LogP contribution is -2.59. The zero-order valence-electron chi connectivity index (χ0n) is 15.5. The number of hydrogen-bond acceptors (Lipinski definition) is 2. The Labute approximate surface area is 161 Å². The van der Waals surface area contributed by atoms with Gasteiger partial charge in [-0.1, -0.05) is 25.1 Å². The molecule has 26 heavy (non-hydrogen) atoms. The van der Waals surface area contributed by atoms with Crippen LogP contribution in [-0.4, -0.2) is 34.0 Å². The highest BCUT2D eigenvalue weighted by molar-refractivity contribution is 7.80. The Hall–Kier alpha value is -1.62. The summed E-state index contributed by atoms with van der Waals surface area (Å²) in [5, 5.41) is 7.68. The molecule has 0 unspecified atom stereocenters. The zero-order chi connectivity index (χ0) is 18.1. The molecule has 1 aromatic carbocycles. The highest BCUT2D eigenvalue weighted by Gasteiger charge is 2.41. The van der Waals surface area contributed by atoms with Crippen LogP contribution in [0, 0.1) is 5.92 Å². The third-order valence-corrected chi connectivity index (χ3v) is 6.46. The number of para-hydroxylation sites is 1. The molecule has 1 saturated carbocycles. The van der Waals surface area contributed by atoms with Gasteiger partial charge >= 0.3 is 0 Å². The predicted molar refractivity (Wildman–Crippen MR) is 109 cm³/mol. The van der Waals surface area contributed by atoms with Crippen LogP contribution >= 0.6 is 12.2 Å². The van der Waals surface area contributed by atoms with Crippen LogP contribution in [0.5, 0.6) is 0 Å². The van der Waals surface area contributed by atoms with Gasteiger partial charge in [-0.25, -0.2) is 0 Å². The van der Waals surface area contributed by atoms with E-state index in [1.807, 2.05) is 0 Å². The van der Waals surface area contributed by atoms with Gasteiger partial charge in [0.2, 0.25) is 5.91 Å². The normalized spacial score (nSPS) is 27.7. The highest BCUT2D eigenvalue weighted by Crippen LogP contribution is 2.36. The van der Waals surface area contributed by atoms with Gasteiger partial charge in [0.05, 0.1) is 0 Å². The largest absolute Gasteiger partial charge is 0.353 e. The number of amides is 1. The molecule has 2 N–H and O–H groups in total. The second-order valence-corrected chi connectivity index (χ2v) is 8.42. The van der Waals surface area contributed by atoms with E-state index in [-0.39, 0.29) is 5.91 Å². The van der Waals surface area contributed by atoms with Gasteiger partial charge in [-0.3, -0.25) is 4.79 Å². The van der Waals surface area contributed by atoms with Crippen molar-refractivity contribution in [2.75, 3.05) is 5.32 Å². The predicted octanol–water partition coefficient (Wildman–Crippen LogP) is 3.86. The van der Waals surface area contributed by atoms with Crippen LogP contribution < -0.4 is 10.6 Å². The van der Waals surface area contributed by atoms with Crippen LogP contribution in [0.2, 0.25) is 0 Å². The molecule has 4 rings (SSSR count). The summed E-state index contributed by atoms with van der Waals surface area (Å²) in [6.45, 7) is 2.17. The third kappa shape index (κ3) is 3.73. The first-order valence-electron chi connectivity index (χ1n) is 10.1. The van der Waals surface area contributed by atoms with Crippen LogP contribution in [0.15, 0.2) is 24.3 Å². The Morgan fingerprint density at radius 1 is 1.15 bits per heavy atom. The number of aryl methyl sites for hydroxylation is 1. The maximum Gasteiger partial charge on any atom is 0.223 e. The molecule has 2 bridgehead atoms. The van der Waals surface area contributed by atoms with Crippen LogP contribution in [0.1, 0.15) is 57.4 Å². The molecule has 2 saturated heterocycles. The van der Waals surface area contributed by atoms with Crippen molar-refractivity contribution in [1.29, 1.82) is 0 Å². The molecule has 140 valence electrons. The number of fused-ring (bicyclic) bond motifs is 2. The number of nitrogens with zero attached hydrogens (tertiary/aromatic N) is 1. The molecule has 0 aromatic heterocycles. The van der Waals surface area contributed by atoms with E-state index >= 15 is 0 Å². The van der Waals surface area contributed by atoms with E-state index in [9.17, 15) is 4.79 Å². The maximum atomic E-state index is 12.2. The topological polar surface area (TPSA) is 44.4 Å². The average molecular weight is 372 g/mol. The molecule has 0 radical (unpaired) electrons. The summed E-state index contributed by atoms with van der Waals surface area (Å²) in [4.78, 5) is 14.6. The summed E-state index contributed by atoms with van der Waals surface area (Å²) in [5.41, 5.74) is 2.42. The summed E-state index contributed by atoms with van der Waals surface area (Å²) >= 11 is 5.82. The lowest BCUT2D eigenvalue weighted by Gasteiger charge is -2.50. The number of thiocarbonyl (C=S) groups is 1. The summed E-state index contributed by atoms with van der Waals surface area (Å²) < 4.78 is 0. The Morgan fingerprint density at radius 2 is 1.85 bits per heavy atom. The number of piperidine rings is 2. The van der Waals surface area contributed by atoms with E-state index in [0.29, 0.717) is 24.0 Å². The van der Waals surface area contributed by atoms with E-state index in [0.717, 1.165) is 42.9 Å². The summed E-state index contributed by atoms with van der Waals surface area (Å²) in [5.74, 6) is 0.570. The molecule has 3 aliphatic rings. The van der Waals surface area contributed by atoms with Crippen molar-refractivity contribution in [3.8, 4) is 0 Å². The van der Waals surface area contributed by atoms with Gasteiger partial charge < -0.3 is 15.5 Å². The molecule has 0 spiro atoms. The fraction of sp³-hybridized carbons (Fsp3) is 0.619. The Balaban J connectivity index is 1.43. The summed E-state index contributed by atoms with van der Waals surface area (Å²) in [6.07, 6.45) is 8.79. The first kappa shape index (κ1) is 17.8. The average Bonchev–Trinajstić information content (AvgIpc) is 3.46. The number of rotatable bonds is 4. The van der Waals surface area contributed by atoms with Crippen molar-refractivity contribution in [2.24, 2.45) is 5.92 Å². The van der Waals surface area contributed by atoms with Crippen molar-refractivity contribution in [1.82, 2.24) is 10.2 Å². The molecule has 4 nitrogen and oxygen atoms in total. The minimum atomic E-state index is 0.277. The number of benzene rings is 1. The Bertz CT molecular complexity index is 674. The standard InChI is InChI=1S/C21H29N3OS/c1-2-14-6-3-4-9-19(14)23-21(26)24-17-7-5-8-18(24)13-16(12-17)22-20(25)15-10-11-15/h3-4,6,9,15-18H,2,5,7-8,10-13H2,1H3,(H,22,25)(H,23,26)/t17-,18-/m1/s1. The van der Waals surface area contributed by atoms with Gasteiger partial charge in [0.1, 0.15) is 0 Å². The molecular formula is C21H29N3OS. The van der Waals surface area contributed by atoms with Gasteiger partial charge in [-0.2, -0.15) is 0 Å². The lowest BCUT2D eigenvalue weighted by atomic mass is 9.82. The molecule has 2 atom stereocenters. The van der Waals surface area contributed by atoms with Crippen molar-refractivity contribution < 1.29 is 4.79 Å². The highest BCUT2D eigenvalue weighted by atomic mass is 32.1. The first-order valence-corrected chi connectivity index (χ1v) is 10.5. The van der Waals surface area contributed by atoms with E-state index in [1.54, 1.807) is 0 Å². The van der Waals surface area contributed by atoms with E-state index in [2.05, 4.69) is 46.7 Å². The van der Waals surface area contributed by atoms with Gasteiger partial charge in [0, 0.05) is 29.7 Å². The SMILES string of the molecule is CCc1ccccc1NC(=S)N1[C@@H]2CCC[C@@H]1CC(NC(=O)C1CC1)C2. The van der Waals surface area contributed by atoms with Gasteiger partial charge in [-0.15, -0.1) is 0 Å². The van der Waals surface area contributed by atoms with Crippen molar-refractivity contribution in [3.63, 3.8) is 0 Å². The number of anilines is 1. The monoisotopic (exact) mass is 371 g/mol. The molecule has 2 aliphatic heterocycles. The quantitative estimate of drug-likeness (QED) is 0.789. The second-order valence-electron chi connectivity index (χ2n) is 8.04. The molecule has 1 aliphatic carbocycles.